The van der Waals surface area contributed by atoms with E-state index in [9.17, 15) is 9.59 Å². The number of ether oxygens (including phenoxy) is 1. The van der Waals surface area contributed by atoms with E-state index in [0.29, 0.717) is 24.2 Å². The molecule has 5 rings (SSSR count). The van der Waals surface area contributed by atoms with E-state index in [1.807, 2.05) is 42.5 Å². The smallest absolute Gasteiger partial charge is 0.328 e. The van der Waals surface area contributed by atoms with E-state index in [4.69, 9.17) is 4.74 Å². The molecular formula is C23H29NO3. The standard InChI is InChI=1S/C23H29NO3/c1-27-21(25)20(9-5-8-16-6-3-2-4-7-16)24-22(26)23-13-17-10-18(14-23)12-19(11-17)15-23/h2-8,17-20H,9-15H2,1H3,(H,24,26)/b8-5+/t17?,18?,19?,20-,23?/m0/s1. The van der Waals surface area contributed by atoms with Gasteiger partial charge in [0.05, 0.1) is 7.11 Å². The maximum absolute atomic E-state index is 13.2. The largest absolute Gasteiger partial charge is 0.467 e. The molecule has 0 unspecified atom stereocenters. The van der Waals surface area contributed by atoms with E-state index in [2.05, 4.69) is 5.32 Å². The molecule has 0 saturated heterocycles. The maximum atomic E-state index is 13.2. The summed E-state index contributed by atoms with van der Waals surface area (Å²) in [5.41, 5.74) is 0.831. The van der Waals surface area contributed by atoms with Crippen LogP contribution in [0.25, 0.3) is 6.08 Å². The van der Waals surface area contributed by atoms with E-state index in [0.717, 1.165) is 24.8 Å². The van der Waals surface area contributed by atoms with Gasteiger partial charge in [0.2, 0.25) is 5.91 Å². The van der Waals surface area contributed by atoms with Gasteiger partial charge in [-0.05, 0) is 68.3 Å². The Bertz CT molecular complexity index is 689. The van der Waals surface area contributed by atoms with Crippen molar-refractivity contribution in [1.82, 2.24) is 5.32 Å². The van der Waals surface area contributed by atoms with E-state index in [1.54, 1.807) is 0 Å². The number of carbonyl (C=O) groups is 2. The SMILES string of the molecule is COC(=O)[C@H](C/C=C/c1ccccc1)NC(=O)C12CC3CC(CC(C3)C1)C2. The van der Waals surface area contributed by atoms with Crippen LogP contribution in [0.1, 0.15) is 50.5 Å². The summed E-state index contributed by atoms with van der Waals surface area (Å²) < 4.78 is 4.95. The number of hydrogen-bond acceptors (Lipinski definition) is 3. The molecule has 4 saturated carbocycles. The van der Waals surface area contributed by atoms with Crippen LogP contribution in [0.3, 0.4) is 0 Å². The Morgan fingerprint density at radius 3 is 2.26 bits per heavy atom. The van der Waals surface area contributed by atoms with Crippen LogP contribution in [0.15, 0.2) is 36.4 Å². The maximum Gasteiger partial charge on any atom is 0.328 e. The lowest BCUT2D eigenvalue weighted by Gasteiger charge is -2.55. The van der Waals surface area contributed by atoms with Crippen LogP contribution in [0.5, 0.6) is 0 Å². The summed E-state index contributed by atoms with van der Waals surface area (Å²) in [6.45, 7) is 0. The Labute approximate surface area is 161 Å². The van der Waals surface area contributed by atoms with Crippen molar-refractivity contribution in [2.24, 2.45) is 23.2 Å². The van der Waals surface area contributed by atoms with Crippen LogP contribution in [0, 0.1) is 23.2 Å². The van der Waals surface area contributed by atoms with Gasteiger partial charge >= 0.3 is 5.97 Å². The zero-order valence-electron chi connectivity index (χ0n) is 16.0. The lowest BCUT2D eigenvalue weighted by molar-refractivity contribution is -0.152. The van der Waals surface area contributed by atoms with Gasteiger partial charge in [-0.3, -0.25) is 4.79 Å². The van der Waals surface area contributed by atoms with Crippen molar-refractivity contribution in [2.75, 3.05) is 7.11 Å². The monoisotopic (exact) mass is 367 g/mol. The van der Waals surface area contributed by atoms with Crippen molar-refractivity contribution in [3.05, 3.63) is 42.0 Å². The number of benzene rings is 1. The van der Waals surface area contributed by atoms with Crippen LogP contribution in [-0.4, -0.2) is 25.0 Å². The third-order valence-corrected chi connectivity index (χ3v) is 6.79. The van der Waals surface area contributed by atoms with Gasteiger partial charge in [0.25, 0.3) is 0 Å². The number of rotatable bonds is 6. The molecular weight excluding hydrogens is 338 g/mol. The van der Waals surface area contributed by atoms with Crippen molar-refractivity contribution < 1.29 is 14.3 Å². The molecule has 4 bridgehead atoms. The average molecular weight is 367 g/mol. The zero-order valence-corrected chi connectivity index (χ0v) is 16.0. The van der Waals surface area contributed by atoms with Gasteiger partial charge in [-0.25, -0.2) is 4.79 Å². The van der Waals surface area contributed by atoms with Gasteiger partial charge in [0, 0.05) is 5.41 Å². The lowest BCUT2D eigenvalue weighted by atomic mass is 9.49. The summed E-state index contributed by atoms with van der Waals surface area (Å²) >= 11 is 0. The molecule has 0 aliphatic heterocycles. The summed E-state index contributed by atoms with van der Waals surface area (Å²) in [5.74, 6) is 1.82. The molecule has 4 aliphatic rings. The molecule has 0 radical (unpaired) electrons. The Morgan fingerprint density at radius 2 is 1.70 bits per heavy atom. The average Bonchev–Trinajstić information content (AvgIpc) is 2.66. The molecule has 1 atom stereocenters. The molecule has 4 heteroatoms. The van der Waals surface area contributed by atoms with Crippen molar-refractivity contribution in [1.29, 1.82) is 0 Å². The van der Waals surface area contributed by atoms with Crippen LogP contribution in [0.2, 0.25) is 0 Å². The minimum absolute atomic E-state index is 0.0742. The van der Waals surface area contributed by atoms with Gasteiger partial charge in [0.1, 0.15) is 6.04 Å². The van der Waals surface area contributed by atoms with Crippen LogP contribution in [-0.2, 0) is 14.3 Å². The van der Waals surface area contributed by atoms with Crippen molar-refractivity contribution in [3.8, 4) is 0 Å². The second-order valence-corrected chi connectivity index (χ2v) is 8.80. The first-order chi connectivity index (χ1) is 13.1. The van der Waals surface area contributed by atoms with Crippen molar-refractivity contribution >= 4 is 18.0 Å². The highest BCUT2D eigenvalue weighted by molar-refractivity contribution is 5.88. The predicted molar refractivity (Wildman–Crippen MR) is 105 cm³/mol. The normalized spacial score (nSPS) is 32.4. The van der Waals surface area contributed by atoms with Gasteiger partial charge in [-0.2, -0.15) is 0 Å². The Balaban J connectivity index is 1.43. The number of amides is 1. The predicted octanol–water partition coefficient (Wildman–Crippen LogP) is 3.96. The fourth-order valence-electron chi connectivity index (χ4n) is 5.96. The summed E-state index contributed by atoms with van der Waals surface area (Å²) in [4.78, 5) is 25.5. The van der Waals surface area contributed by atoms with Crippen molar-refractivity contribution in [3.63, 3.8) is 0 Å². The number of nitrogens with one attached hydrogen (secondary N) is 1. The van der Waals surface area contributed by atoms with Gasteiger partial charge in [-0.15, -0.1) is 0 Å². The molecule has 1 amide bonds. The molecule has 4 fully saturated rings. The highest BCUT2D eigenvalue weighted by Crippen LogP contribution is 2.60. The number of methoxy groups -OCH3 is 1. The first-order valence-electron chi connectivity index (χ1n) is 10.2. The fraction of sp³-hybridized carbons (Fsp3) is 0.565. The van der Waals surface area contributed by atoms with Crippen LogP contribution in [0.4, 0.5) is 0 Å². The molecule has 0 heterocycles. The first-order valence-corrected chi connectivity index (χ1v) is 10.2. The Hall–Kier alpha value is -2.10. The quantitative estimate of drug-likeness (QED) is 0.774. The second kappa shape index (κ2) is 7.49. The molecule has 27 heavy (non-hydrogen) atoms. The molecule has 0 aromatic heterocycles. The molecule has 144 valence electrons. The molecule has 1 aromatic rings. The van der Waals surface area contributed by atoms with E-state index in [1.165, 1.54) is 26.4 Å². The summed E-state index contributed by atoms with van der Waals surface area (Å²) in [6, 6.07) is 9.34. The van der Waals surface area contributed by atoms with Crippen molar-refractivity contribution in [2.45, 2.75) is 51.0 Å². The highest BCUT2D eigenvalue weighted by atomic mass is 16.5. The molecule has 4 nitrogen and oxygen atoms in total. The third-order valence-electron chi connectivity index (χ3n) is 6.79. The van der Waals surface area contributed by atoms with Gasteiger partial charge < -0.3 is 10.1 Å². The van der Waals surface area contributed by atoms with Crippen LogP contribution >= 0.6 is 0 Å². The third kappa shape index (κ3) is 3.80. The van der Waals surface area contributed by atoms with Crippen LogP contribution < -0.4 is 5.32 Å². The number of hydrogen-bond donors (Lipinski definition) is 1. The minimum Gasteiger partial charge on any atom is -0.467 e. The Kier molecular flexibility index (Phi) is 5.07. The summed E-state index contributed by atoms with van der Waals surface area (Å²) in [7, 11) is 1.38. The lowest BCUT2D eigenvalue weighted by Crippen LogP contribution is -2.56. The molecule has 1 aromatic carbocycles. The van der Waals surface area contributed by atoms with Gasteiger partial charge in [0.15, 0.2) is 0 Å². The first kappa shape index (κ1) is 18.3. The topological polar surface area (TPSA) is 55.4 Å². The minimum atomic E-state index is -0.615. The highest BCUT2D eigenvalue weighted by Gasteiger charge is 2.54. The molecule has 1 N–H and O–H groups in total. The van der Waals surface area contributed by atoms with Gasteiger partial charge in [-0.1, -0.05) is 42.5 Å². The zero-order chi connectivity index (χ0) is 18.9. The molecule has 4 aliphatic carbocycles. The number of carbonyl (C=O) groups excluding carboxylic acids is 2. The summed E-state index contributed by atoms with van der Waals surface area (Å²) in [5, 5.41) is 3.05. The fourth-order valence-corrected chi connectivity index (χ4v) is 5.96. The van der Waals surface area contributed by atoms with E-state index in [-0.39, 0.29) is 17.3 Å². The van der Waals surface area contributed by atoms with E-state index < -0.39 is 6.04 Å². The summed E-state index contributed by atoms with van der Waals surface area (Å²) in [6.07, 6.45) is 11.3. The van der Waals surface area contributed by atoms with E-state index >= 15 is 0 Å². The second-order valence-electron chi connectivity index (χ2n) is 8.80. The molecule has 0 spiro atoms. The Morgan fingerprint density at radius 1 is 1.11 bits per heavy atom. The number of esters is 1.